The van der Waals surface area contributed by atoms with Crippen LogP contribution in [0.4, 0.5) is 0 Å². The highest BCUT2D eigenvalue weighted by Gasteiger charge is 2.29. The maximum Gasteiger partial charge on any atom is 0.122 e. The predicted octanol–water partition coefficient (Wildman–Crippen LogP) is 1.72. The van der Waals surface area contributed by atoms with Gasteiger partial charge in [-0.3, -0.25) is 9.88 Å². The molecule has 24 heavy (non-hydrogen) atoms. The van der Waals surface area contributed by atoms with Crippen molar-refractivity contribution >= 4 is 0 Å². The molecule has 0 bridgehead atoms. The van der Waals surface area contributed by atoms with Crippen LogP contribution in [0.1, 0.15) is 17.8 Å². The summed E-state index contributed by atoms with van der Waals surface area (Å²) in [6, 6.07) is 4.51. The van der Waals surface area contributed by atoms with Crippen molar-refractivity contribution in [2.24, 2.45) is 5.92 Å². The summed E-state index contributed by atoms with van der Waals surface area (Å²) in [6.07, 6.45) is 8.75. The standard InChI is InChI=1S/C18H24N4O2/c1-2-15(8-19-4-1)12-24-13-16-9-21-6-5-20-18(21)11-22(10-16)17-3-7-23-14-17/h1-2,4-6,8,16-17H,3,7,9-14H2. The molecule has 6 nitrogen and oxygen atoms in total. The van der Waals surface area contributed by atoms with Gasteiger partial charge < -0.3 is 14.0 Å². The number of pyridine rings is 1. The highest BCUT2D eigenvalue weighted by Crippen LogP contribution is 2.22. The highest BCUT2D eigenvalue weighted by molar-refractivity contribution is 5.06. The second-order valence-corrected chi connectivity index (χ2v) is 6.69. The minimum Gasteiger partial charge on any atom is -0.380 e. The molecule has 128 valence electrons. The molecular formula is C18H24N4O2. The normalized spacial score (nSPS) is 24.7. The van der Waals surface area contributed by atoms with E-state index in [-0.39, 0.29) is 0 Å². The fourth-order valence-electron chi connectivity index (χ4n) is 3.59. The van der Waals surface area contributed by atoms with Crippen LogP contribution < -0.4 is 0 Å². The van der Waals surface area contributed by atoms with Gasteiger partial charge in [0.25, 0.3) is 0 Å². The van der Waals surface area contributed by atoms with Crippen LogP contribution in [0.5, 0.6) is 0 Å². The maximum atomic E-state index is 5.99. The number of hydrogen-bond acceptors (Lipinski definition) is 5. The summed E-state index contributed by atoms with van der Waals surface area (Å²) in [5, 5.41) is 0. The zero-order valence-electron chi connectivity index (χ0n) is 13.9. The Bertz CT molecular complexity index is 639. The van der Waals surface area contributed by atoms with E-state index in [0.29, 0.717) is 18.6 Å². The van der Waals surface area contributed by atoms with Crippen molar-refractivity contribution in [3.05, 3.63) is 48.3 Å². The molecule has 2 aliphatic heterocycles. The van der Waals surface area contributed by atoms with Crippen molar-refractivity contribution in [1.29, 1.82) is 0 Å². The second-order valence-electron chi connectivity index (χ2n) is 6.69. The van der Waals surface area contributed by atoms with Crippen LogP contribution in [0.15, 0.2) is 36.9 Å². The van der Waals surface area contributed by atoms with Crippen LogP contribution in [0, 0.1) is 5.92 Å². The lowest BCUT2D eigenvalue weighted by Crippen LogP contribution is -2.39. The van der Waals surface area contributed by atoms with E-state index in [1.165, 1.54) is 0 Å². The predicted molar refractivity (Wildman–Crippen MR) is 89.2 cm³/mol. The monoisotopic (exact) mass is 328 g/mol. The first kappa shape index (κ1) is 15.7. The van der Waals surface area contributed by atoms with Crippen LogP contribution in [0.25, 0.3) is 0 Å². The van der Waals surface area contributed by atoms with Gasteiger partial charge in [-0.1, -0.05) is 6.07 Å². The topological polar surface area (TPSA) is 52.4 Å². The van der Waals surface area contributed by atoms with Gasteiger partial charge in [-0.15, -0.1) is 0 Å². The smallest absolute Gasteiger partial charge is 0.122 e. The van der Waals surface area contributed by atoms with Gasteiger partial charge in [0, 0.05) is 56.4 Å². The Morgan fingerprint density at radius 1 is 1.29 bits per heavy atom. The number of hydrogen-bond donors (Lipinski definition) is 0. The second kappa shape index (κ2) is 7.42. The van der Waals surface area contributed by atoms with Crippen molar-refractivity contribution in [2.45, 2.75) is 32.2 Å². The van der Waals surface area contributed by atoms with Crippen LogP contribution in [-0.2, 0) is 29.2 Å². The Morgan fingerprint density at radius 2 is 2.29 bits per heavy atom. The fraction of sp³-hybridized carbons (Fsp3) is 0.556. The first-order chi connectivity index (χ1) is 11.9. The molecule has 6 heteroatoms. The van der Waals surface area contributed by atoms with E-state index in [1.807, 2.05) is 18.5 Å². The van der Waals surface area contributed by atoms with Gasteiger partial charge in [-0.2, -0.15) is 0 Å². The molecule has 0 spiro atoms. The molecule has 0 saturated carbocycles. The summed E-state index contributed by atoms with van der Waals surface area (Å²) in [6.45, 7) is 5.98. The Hall–Kier alpha value is -1.76. The molecule has 2 aromatic heterocycles. The first-order valence-electron chi connectivity index (χ1n) is 8.67. The average molecular weight is 328 g/mol. The largest absolute Gasteiger partial charge is 0.380 e. The summed E-state index contributed by atoms with van der Waals surface area (Å²) in [7, 11) is 0. The van der Waals surface area contributed by atoms with Gasteiger partial charge in [-0.05, 0) is 18.1 Å². The zero-order chi connectivity index (χ0) is 16.2. The molecule has 1 fully saturated rings. The minimum absolute atomic E-state index is 0.456. The maximum absolute atomic E-state index is 5.99. The Balaban J connectivity index is 1.39. The fourth-order valence-corrected chi connectivity index (χ4v) is 3.59. The Morgan fingerprint density at radius 3 is 3.12 bits per heavy atom. The molecule has 2 atom stereocenters. The number of fused-ring (bicyclic) bond motifs is 1. The van der Waals surface area contributed by atoms with E-state index >= 15 is 0 Å². The first-order valence-corrected chi connectivity index (χ1v) is 8.67. The van der Waals surface area contributed by atoms with Crippen molar-refractivity contribution < 1.29 is 9.47 Å². The molecule has 0 aliphatic carbocycles. The van der Waals surface area contributed by atoms with Crippen molar-refractivity contribution in [1.82, 2.24) is 19.4 Å². The molecule has 0 aromatic carbocycles. The molecule has 1 saturated heterocycles. The summed E-state index contributed by atoms with van der Waals surface area (Å²) in [5.74, 6) is 1.61. The molecule has 4 rings (SSSR count). The van der Waals surface area contributed by atoms with Crippen molar-refractivity contribution in [2.75, 3.05) is 26.4 Å². The minimum atomic E-state index is 0.456. The lowest BCUT2D eigenvalue weighted by atomic mass is 10.1. The average Bonchev–Trinajstić information content (AvgIpc) is 3.25. The van der Waals surface area contributed by atoms with Crippen LogP contribution in [0.3, 0.4) is 0 Å². The molecule has 2 unspecified atom stereocenters. The summed E-state index contributed by atoms with van der Waals surface area (Å²) >= 11 is 0. The number of aromatic nitrogens is 3. The molecule has 0 amide bonds. The third-order valence-corrected chi connectivity index (χ3v) is 4.86. The van der Waals surface area contributed by atoms with E-state index in [4.69, 9.17) is 9.47 Å². The number of rotatable bonds is 5. The molecular weight excluding hydrogens is 304 g/mol. The van der Waals surface area contributed by atoms with E-state index in [1.54, 1.807) is 6.20 Å². The zero-order valence-corrected chi connectivity index (χ0v) is 13.9. The summed E-state index contributed by atoms with van der Waals surface area (Å²) < 4.78 is 13.8. The van der Waals surface area contributed by atoms with Gasteiger partial charge in [-0.25, -0.2) is 4.98 Å². The number of nitrogens with zero attached hydrogens (tertiary/aromatic N) is 4. The third kappa shape index (κ3) is 3.66. The highest BCUT2D eigenvalue weighted by atomic mass is 16.5. The molecule has 2 aromatic rings. The van der Waals surface area contributed by atoms with Crippen molar-refractivity contribution in [3.8, 4) is 0 Å². The van der Waals surface area contributed by atoms with Crippen LogP contribution >= 0.6 is 0 Å². The lowest BCUT2D eigenvalue weighted by molar-refractivity contribution is 0.0564. The van der Waals surface area contributed by atoms with Gasteiger partial charge >= 0.3 is 0 Å². The molecule has 0 N–H and O–H groups in total. The van der Waals surface area contributed by atoms with Crippen LogP contribution in [-0.4, -0.2) is 51.8 Å². The third-order valence-electron chi connectivity index (χ3n) is 4.86. The molecule has 4 heterocycles. The lowest BCUT2D eigenvalue weighted by Gasteiger charge is -2.28. The summed E-state index contributed by atoms with van der Waals surface area (Å²) in [4.78, 5) is 11.2. The number of ether oxygens (including phenoxy) is 2. The molecule has 2 aliphatic rings. The summed E-state index contributed by atoms with van der Waals surface area (Å²) in [5.41, 5.74) is 1.12. The van der Waals surface area contributed by atoms with Gasteiger partial charge in [0.15, 0.2) is 0 Å². The van der Waals surface area contributed by atoms with E-state index in [2.05, 4.69) is 31.7 Å². The SMILES string of the molecule is c1cncc(COCC2CN(C3CCOC3)Cc3nccn3C2)c1. The van der Waals surface area contributed by atoms with Gasteiger partial charge in [0.2, 0.25) is 0 Å². The van der Waals surface area contributed by atoms with Gasteiger partial charge in [0.05, 0.1) is 26.4 Å². The van der Waals surface area contributed by atoms with E-state index < -0.39 is 0 Å². The Labute approximate surface area is 142 Å². The Kier molecular flexibility index (Phi) is 4.87. The van der Waals surface area contributed by atoms with Crippen LogP contribution in [0.2, 0.25) is 0 Å². The quantitative estimate of drug-likeness (QED) is 0.836. The van der Waals surface area contributed by atoms with Gasteiger partial charge in [0.1, 0.15) is 5.82 Å². The molecule has 0 radical (unpaired) electrons. The van der Waals surface area contributed by atoms with E-state index in [0.717, 1.165) is 57.3 Å². The van der Waals surface area contributed by atoms with E-state index in [9.17, 15) is 0 Å². The van der Waals surface area contributed by atoms with Crippen molar-refractivity contribution in [3.63, 3.8) is 0 Å². The number of imidazole rings is 1.